The third-order valence-corrected chi connectivity index (χ3v) is 11.7. The number of nitrogens with zero attached hydrogens (tertiary/aromatic N) is 2. The monoisotopic (exact) mass is 853 g/mol. The van der Waals surface area contributed by atoms with E-state index in [4.69, 9.17) is 0 Å². The van der Waals surface area contributed by atoms with Crippen molar-refractivity contribution in [2.24, 2.45) is 0 Å². The second-order valence-electron chi connectivity index (χ2n) is 17.1. The summed E-state index contributed by atoms with van der Waals surface area (Å²) in [6.07, 6.45) is 40.8. The van der Waals surface area contributed by atoms with Crippen LogP contribution in [0.15, 0.2) is 59.7 Å². The molecule has 0 radical (unpaired) electrons. The van der Waals surface area contributed by atoms with Crippen molar-refractivity contribution < 1.29 is 21.2 Å². The Morgan fingerprint density at radius 3 is 0.932 bits per heavy atom. The van der Waals surface area contributed by atoms with E-state index in [0.717, 1.165) is 61.0 Å². The van der Waals surface area contributed by atoms with Crippen molar-refractivity contribution in [3.63, 3.8) is 0 Å². The molecule has 0 aromatic heterocycles. The number of aryl methyl sites for hydroxylation is 2. The molecule has 0 spiro atoms. The van der Waals surface area contributed by atoms with Crippen LogP contribution in [-0.4, -0.2) is 4.70 Å². The van der Waals surface area contributed by atoms with Gasteiger partial charge in [-0.2, -0.15) is 12.8 Å². The molecule has 2 nitrogen and oxygen atoms in total. The predicted octanol–water partition coefficient (Wildman–Crippen LogP) is 19.4. The van der Waals surface area contributed by atoms with Gasteiger partial charge in [-0.05, 0) is 86.8 Å². The molecule has 0 aliphatic carbocycles. The van der Waals surface area contributed by atoms with Gasteiger partial charge in [0.2, 0.25) is 11.4 Å². The standard InChI is InChI=1S/C48H76N2.2C4H9.Ni/c1-5-9-13-15-17-18-19-20-21-22-23-25-28-32-46-45(31-26-11-7-3)47(43-37-33-41(34-38-43)29-12-8-4)50(49)48(46)44-39-35-42(36-40-44)30-27-24-16-14-10-6-2;2*1-3-4-2;/h33-40H,5-32H2,1-4H3;2*1,3-4H2,2H3;/q;2*-1;+2. The average molecular weight is 854 g/mol. The molecule has 0 N–H and O–H groups in total. The van der Waals surface area contributed by atoms with Gasteiger partial charge in [-0.1, -0.05) is 207 Å². The quantitative estimate of drug-likeness (QED) is 0.0303. The van der Waals surface area contributed by atoms with Gasteiger partial charge in [0.25, 0.3) is 0 Å². The summed E-state index contributed by atoms with van der Waals surface area (Å²) in [7, 11) is 0. The Balaban J connectivity index is 0.00000341. The van der Waals surface area contributed by atoms with E-state index in [1.54, 1.807) is 4.70 Å². The van der Waals surface area contributed by atoms with E-state index in [-0.39, 0.29) is 16.5 Å². The fraction of sp³-hybridized carbons (Fsp3) is 0.679. The van der Waals surface area contributed by atoms with E-state index in [2.05, 4.69) is 104 Å². The first-order chi connectivity index (χ1) is 28.5. The Morgan fingerprint density at radius 1 is 0.356 bits per heavy atom. The van der Waals surface area contributed by atoms with Crippen LogP contribution in [0.3, 0.4) is 0 Å². The molecular formula is C56H94N2Ni. The largest absolute Gasteiger partial charge is 2.00 e. The summed E-state index contributed by atoms with van der Waals surface area (Å²) in [4.78, 5) is 0. The zero-order chi connectivity index (χ0) is 42.5. The number of hydrogen-bond donors (Lipinski definition) is 0. The Bertz CT molecular complexity index is 1310. The Kier molecular flexibility index (Phi) is 38.8. The second-order valence-corrected chi connectivity index (χ2v) is 17.1. The molecule has 1 heterocycles. The minimum atomic E-state index is 0. The van der Waals surface area contributed by atoms with Crippen LogP contribution in [0.4, 0.5) is 0 Å². The second kappa shape index (κ2) is 40.1. The molecule has 0 unspecified atom stereocenters. The number of hydrogen-bond acceptors (Lipinski definition) is 0. The average Bonchev–Trinajstić information content (AvgIpc) is 3.53. The van der Waals surface area contributed by atoms with E-state index >= 15 is 0 Å². The maximum absolute atomic E-state index is 12.1. The number of unbranched alkanes of at least 4 members (excludes halogenated alkanes) is 22. The summed E-state index contributed by atoms with van der Waals surface area (Å²) in [5.74, 6) is 0. The maximum atomic E-state index is 12.1. The van der Waals surface area contributed by atoms with E-state index in [9.17, 15) is 5.53 Å². The molecule has 0 saturated heterocycles. The first-order valence-corrected chi connectivity index (χ1v) is 25.2. The van der Waals surface area contributed by atoms with Crippen LogP contribution in [0, 0.1) is 13.8 Å². The van der Waals surface area contributed by atoms with Gasteiger partial charge in [0.05, 0.1) is 0 Å². The molecule has 0 bridgehead atoms. The molecule has 1 aliphatic rings. The summed E-state index contributed by atoms with van der Waals surface area (Å²) in [5, 5.41) is 0. The maximum Gasteiger partial charge on any atom is 2.00 e. The van der Waals surface area contributed by atoms with Gasteiger partial charge in [0, 0.05) is 22.3 Å². The van der Waals surface area contributed by atoms with E-state index in [0.29, 0.717) is 0 Å². The Morgan fingerprint density at radius 2 is 0.610 bits per heavy atom. The van der Waals surface area contributed by atoms with Crippen LogP contribution < -0.4 is 0 Å². The van der Waals surface area contributed by atoms with Crippen molar-refractivity contribution in [1.29, 1.82) is 0 Å². The third-order valence-electron chi connectivity index (χ3n) is 11.7. The zero-order valence-corrected chi connectivity index (χ0v) is 40.9. The first kappa shape index (κ1) is 57.0. The molecule has 0 atom stereocenters. The third kappa shape index (κ3) is 25.5. The van der Waals surface area contributed by atoms with Gasteiger partial charge in [-0.25, -0.2) is 4.70 Å². The van der Waals surface area contributed by atoms with Gasteiger partial charge in [0.15, 0.2) is 0 Å². The molecular weight excluding hydrogens is 759 g/mol. The van der Waals surface area contributed by atoms with Gasteiger partial charge in [-0.15, -0.1) is 0 Å². The zero-order valence-electron chi connectivity index (χ0n) is 39.9. The molecule has 0 amide bonds. The van der Waals surface area contributed by atoms with Gasteiger partial charge in [-0.3, -0.25) is 0 Å². The molecule has 3 heteroatoms. The number of rotatable bonds is 32. The van der Waals surface area contributed by atoms with Gasteiger partial charge >= 0.3 is 16.5 Å². The SMILES string of the molecule is CCCCCCCCCCCCCCCC1=C(c2ccc(CCCCCCCC)cc2)[N+](=[N-])C(c2ccc(CCCC)cc2)=C1CCCCC.[CH2-]CCC.[CH2-]CCC.[Ni+2]. The summed E-state index contributed by atoms with van der Waals surface area (Å²) in [6, 6.07) is 18.3. The van der Waals surface area contributed by atoms with Crippen molar-refractivity contribution in [2.45, 2.75) is 247 Å². The van der Waals surface area contributed by atoms with Crippen molar-refractivity contribution >= 4 is 11.4 Å². The summed E-state index contributed by atoms with van der Waals surface area (Å²) in [6.45, 7) is 20.6. The summed E-state index contributed by atoms with van der Waals surface area (Å²) in [5.41, 5.74) is 22.1. The number of allylic oxidation sites excluding steroid dienone is 2. The summed E-state index contributed by atoms with van der Waals surface area (Å²) < 4.78 is 1.59. The van der Waals surface area contributed by atoms with Crippen LogP contribution in [0.25, 0.3) is 16.9 Å². The molecule has 0 saturated carbocycles. The fourth-order valence-corrected chi connectivity index (χ4v) is 7.81. The van der Waals surface area contributed by atoms with Crippen molar-refractivity contribution in [3.8, 4) is 0 Å². The Labute approximate surface area is 379 Å². The Hall–Kier alpha value is -1.99. The minimum Gasteiger partial charge on any atom is -0.493 e. The molecule has 3 rings (SSSR count). The van der Waals surface area contributed by atoms with Crippen LogP contribution in [0.5, 0.6) is 0 Å². The van der Waals surface area contributed by atoms with E-state index in [1.165, 1.54) is 189 Å². The van der Waals surface area contributed by atoms with Crippen LogP contribution >= 0.6 is 0 Å². The van der Waals surface area contributed by atoms with Crippen molar-refractivity contribution in [2.75, 3.05) is 0 Å². The molecule has 0 fully saturated rings. The smallest absolute Gasteiger partial charge is 0.493 e. The molecule has 2 aromatic rings. The molecule has 59 heavy (non-hydrogen) atoms. The summed E-state index contributed by atoms with van der Waals surface area (Å²) >= 11 is 0. The number of benzene rings is 2. The first-order valence-electron chi connectivity index (χ1n) is 25.2. The minimum absolute atomic E-state index is 0. The van der Waals surface area contributed by atoms with E-state index < -0.39 is 0 Å². The van der Waals surface area contributed by atoms with Crippen LogP contribution in [-0.2, 0) is 29.3 Å². The van der Waals surface area contributed by atoms with Crippen LogP contribution in [0.2, 0.25) is 0 Å². The molecule has 2 aromatic carbocycles. The molecule has 1 aliphatic heterocycles. The van der Waals surface area contributed by atoms with Crippen molar-refractivity contribution in [1.82, 2.24) is 0 Å². The fourth-order valence-electron chi connectivity index (χ4n) is 7.81. The van der Waals surface area contributed by atoms with Crippen LogP contribution in [0.1, 0.15) is 256 Å². The normalized spacial score (nSPS) is 12.3. The topological polar surface area (TPSA) is 25.3 Å². The molecule has 338 valence electrons. The van der Waals surface area contributed by atoms with Crippen molar-refractivity contribution in [3.05, 3.63) is 101 Å². The van der Waals surface area contributed by atoms with E-state index in [1.807, 2.05) is 0 Å². The van der Waals surface area contributed by atoms with Gasteiger partial charge in [0.1, 0.15) is 0 Å². The van der Waals surface area contributed by atoms with Gasteiger partial charge < -0.3 is 19.4 Å². The predicted molar refractivity (Wildman–Crippen MR) is 261 cm³/mol.